The maximum absolute atomic E-state index is 13.4. The first-order valence-electron chi connectivity index (χ1n) is 9.25. The van der Waals surface area contributed by atoms with Gasteiger partial charge in [-0.1, -0.05) is 37.6 Å². The second-order valence-electron chi connectivity index (χ2n) is 7.12. The zero-order valence-corrected chi connectivity index (χ0v) is 16.5. The molecule has 0 spiro atoms. The molecule has 2 heterocycles. The molecule has 0 radical (unpaired) electrons. The van der Waals surface area contributed by atoms with Crippen molar-refractivity contribution in [2.45, 2.75) is 26.2 Å². The summed E-state index contributed by atoms with van der Waals surface area (Å²) in [5.74, 6) is 1.01. The first kappa shape index (κ1) is 18.6. The molecule has 0 saturated heterocycles. The van der Waals surface area contributed by atoms with E-state index in [-0.39, 0.29) is 11.3 Å². The first-order valence-corrected chi connectivity index (χ1v) is 9.63. The van der Waals surface area contributed by atoms with E-state index >= 15 is 0 Å². The van der Waals surface area contributed by atoms with Crippen molar-refractivity contribution >= 4 is 34.7 Å². The fraction of sp³-hybridized carbons (Fsp3) is 0.273. The number of hydrogen-bond donors (Lipinski definition) is 0. The molecule has 0 bridgehead atoms. The summed E-state index contributed by atoms with van der Waals surface area (Å²) in [7, 11) is 0. The van der Waals surface area contributed by atoms with E-state index < -0.39 is 0 Å². The number of rotatable bonds is 3. The molecule has 0 atom stereocenters. The Morgan fingerprint density at radius 1 is 1.14 bits per heavy atom. The molecule has 4 rings (SSSR count). The molecule has 144 valence electrons. The Balaban J connectivity index is 2.05. The van der Waals surface area contributed by atoms with Crippen LogP contribution in [-0.2, 0) is 4.79 Å². The minimum Gasteiger partial charge on any atom is -0.488 e. The highest BCUT2D eigenvalue weighted by atomic mass is 35.5. The summed E-state index contributed by atoms with van der Waals surface area (Å²) in [5.41, 5.74) is 2.17. The number of carbonyl (C=O) groups excluding carboxylic acids is 1. The molecular formula is C22H20ClNO4. The molecule has 5 nitrogen and oxygen atoms in total. The van der Waals surface area contributed by atoms with Gasteiger partial charge in [0.15, 0.2) is 11.3 Å². The van der Waals surface area contributed by atoms with Crippen LogP contribution in [0.4, 0.5) is 5.69 Å². The van der Waals surface area contributed by atoms with Crippen LogP contribution in [-0.4, -0.2) is 19.6 Å². The second kappa shape index (κ2) is 7.32. The van der Waals surface area contributed by atoms with Crippen LogP contribution in [0.15, 0.2) is 45.6 Å². The SMILES string of the molecule is CC(C)c1oc2c3c(ccc2c(=O)c1-c1ccc(Cl)cc1)N(C=O)CCCO3. The Hall–Kier alpha value is -2.79. The molecule has 0 unspecified atom stereocenters. The number of carbonyl (C=O) groups is 1. The van der Waals surface area contributed by atoms with Gasteiger partial charge in [0.2, 0.25) is 11.8 Å². The van der Waals surface area contributed by atoms with Crippen LogP contribution in [0.1, 0.15) is 31.9 Å². The van der Waals surface area contributed by atoms with E-state index in [1.807, 2.05) is 26.0 Å². The number of halogens is 1. The van der Waals surface area contributed by atoms with Gasteiger partial charge in [-0.2, -0.15) is 0 Å². The second-order valence-corrected chi connectivity index (χ2v) is 7.56. The van der Waals surface area contributed by atoms with Crippen LogP contribution >= 0.6 is 11.6 Å². The monoisotopic (exact) mass is 397 g/mol. The topological polar surface area (TPSA) is 59.8 Å². The van der Waals surface area contributed by atoms with Gasteiger partial charge < -0.3 is 14.1 Å². The number of benzene rings is 2. The Morgan fingerprint density at radius 2 is 1.89 bits per heavy atom. The van der Waals surface area contributed by atoms with Crippen LogP contribution in [0.2, 0.25) is 5.02 Å². The van der Waals surface area contributed by atoms with Gasteiger partial charge in [-0.15, -0.1) is 0 Å². The van der Waals surface area contributed by atoms with E-state index in [0.29, 0.717) is 58.3 Å². The van der Waals surface area contributed by atoms with Crippen molar-refractivity contribution in [3.05, 3.63) is 57.4 Å². The summed E-state index contributed by atoms with van der Waals surface area (Å²) in [5, 5.41) is 1.04. The van der Waals surface area contributed by atoms with Crippen molar-refractivity contribution in [1.29, 1.82) is 0 Å². The van der Waals surface area contributed by atoms with E-state index in [4.69, 9.17) is 20.8 Å². The van der Waals surface area contributed by atoms with Gasteiger partial charge in [-0.05, 0) is 36.2 Å². The maximum Gasteiger partial charge on any atom is 0.214 e. The highest BCUT2D eigenvalue weighted by Crippen LogP contribution is 2.40. The zero-order valence-electron chi connectivity index (χ0n) is 15.7. The van der Waals surface area contributed by atoms with Crippen LogP contribution in [0.5, 0.6) is 5.75 Å². The molecule has 28 heavy (non-hydrogen) atoms. The largest absolute Gasteiger partial charge is 0.488 e. The number of fused-ring (bicyclic) bond motifs is 3. The van der Waals surface area contributed by atoms with E-state index in [9.17, 15) is 9.59 Å². The summed E-state index contributed by atoms with van der Waals surface area (Å²) in [6.45, 7) is 4.97. The van der Waals surface area contributed by atoms with E-state index in [2.05, 4.69) is 0 Å². The minimum absolute atomic E-state index is 0.0217. The smallest absolute Gasteiger partial charge is 0.214 e. The summed E-state index contributed by atoms with van der Waals surface area (Å²) in [6, 6.07) is 10.6. The molecule has 0 N–H and O–H groups in total. The Kier molecular flexibility index (Phi) is 4.85. The predicted molar refractivity (Wildman–Crippen MR) is 111 cm³/mol. The molecule has 1 aliphatic heterocycles. The standard InChI is InChI=1S/C22H20ClNO4/c1-13(2)20-18(14-4-6-15(23)7-5-14)19(26)16-8-9-17-22(21(16)28-20)27-11-3-10-24(17)12-25/h4-9,12-13H,3,10-11H2,1-2H3. The van der Waals surface area contributed by atoms with Crippen molar-refractivity contribution in [3.63, 3.8) is 0 Å². The highest BCUT2D eigenvalue weighted by molar-refractivity contribution is 6.30. The van der Waals surface area contributed by atoms with Crippen LogP contribution in [0, 0.1) is 0 Å². The average Bonchev–Trinajstić information content (AvgIpc) is 2.90. The lowest BCUT2D eigenvalue weighted by molar-refractivity contribution is -0.107. The maximum atomic E-state index is 13.4. The third-order valence-corrected chi connectivity index (χ3v) is 5.16. The van der Waals surface area contributed by atoms with Crippen LogP contribution in [0.25, 0.3) is 22.1 Å². The lowest BCUT2D eigenvalue weighted by atomic mass is 9.96. The van der Waals surface area contributed by atoms with Crippen molar-refractivity contribution < 1.29 is 13.9 Å². The number of anilines is 1. The number of ether oxygens (including phenoxy) is 1. The quantitative estimate of drug-likeness (QED) is 0.584. The fourth-order valence-corrected chi connectivity index (χ4v) is 3.67. The van der Waals surface area contributed by atoms with Crippen molar-refractivity contribution in [3.8, 4) is 16.9 Å². The predicted octanol–water partition coefficient (Wildman–Crippen LogP) is 4.98. The summed E-state index contributed by atoms with van der Waals surface area (Å²) in [6.07, 6.45) is 1.49. The highest BCUT2D eigenvalue weighted by Gasteiger charge is 2.25. The van der Waals surface area contributed by atoms with Crippen LogP contribution in [0.3, 0.4) is 0 Å². The third-order valence-electron chi connectivity index (χ3n) is 4.91. The average molecular weight is 398 g/mol. The normalized spacial score (nSPS) is 13.9. The summed E-state index contributed by atoms with van der Waals surface area (Å²) < 4.78 is 12.2. The molecule has 1 amide bonds. The van der Waals surface area contributed by atoms with Gasteiger partial charge in [0.25, 0.3) is 0 Å². The number of hydrogen-bond acceptors (Lipinski definition) is 4. The molecule has 1 aromatic heterocycles. The Bertz CT molecular complexity index is 1100. The molecule has 2 aromatic carbocycles. The molecule has 3 aromatic rings. The van der Waals surface area contributed by atoms with E-state index in [1.165, 1.54) is 0 Å². The van der Waals surface area contributed by atoms with E-state index in [1.54, 1.807) is 29.2 Å². The van der Waals surface area contributed by atoms with Gasteiger partial charge in [0.05, 0.1) is 23.2 Å². The number of amides is 1. The van der Waals surface area contributed by atoms with Gasteiger partial charge in [0.1, 0.15) is 5.76 Å². The molecule has 0 fully saturated rings. The minimum atomic E-state index is -0.124. The molecule has 1 aliphatic rings. The van der Waals surface area contributed by atoms with Crippen molar-refractivity contribution in [1.82, 2.24) is 0 Å². The summed E-state index contributed by atoms with van der Waals surface area (Å²) >= 11 is 6.01. The van der Waals surface area contributed by atoms with Crippen molar-refractivity contribution in [2.75, 3.05) is 18.1 Å². The Morgan fingerprint density at radius 3 is 2.57 bits per heavy atom. The number of nitrogens with zero attached hydrogens (tertiary/aromatic N) is 1. The molecular weight excluding hydrogens is 378 g/mol. The molecule has 0 aliphatic carbocycles. The lowest BCUT2D eigenvalue weighted by Gasteiger charge is -2.19. The lowest BCUT2D eigenvalue weighted by Crippen LogP contribution is -2.21. The van der Waals surface area contributed by atoms with E-state index in [0.717, 1.165) is 12.0 Å². The van der Waals surface area contributed by atoms with Crippen molar-refractivity contribution in [2.24, 2.45) is 0 Å². The van der Waals surface area contributed by atoms with Gasteiger partial charge in [-0.25, -0.2) is 0 Å². The van der Waals surface area contributed by atoms with Gasteiger partial charge in [0, 0.05) is 17.5 Å². The zero-order chi connectivity index (χ0) is 19.8. The molecule has 0 saturated carbocycles. The van der Waals surface area contributed by atoms with Gasteiger partial charge >= 0.3 is 0 Å². The first-order chi connectivity index (χ1) is 13.5. The molecule has 6 heteroatoms. The van der Waals surface area contributed by atoms with Gasteiger partial charge in [-0.3, -0.25) is 9.59 Å². The van der Waals surface area contributed by atoms with Crippen LogP contribution < -0.4 is 15.1 Å². The Labute approximate surface area is 167 Å². The fourth-order valence-electron chi connectivity index (χ4n) is 3.54. The third kappa shape index (κ3) is 3.06. The summed E-state index contributed by atoms with van der Waals surface area (Å²) in [4.78, 5) is 26.5.